The van der Waals surface area contributed by atoms with Crippen molar-refractivity contribution >= 4 is 29.8 Å². The van der Waals surface area contributed by atoms with Gasteiger partial charge in [0, 0.05) is 11.3 Å². The van der Waals surface area contributed by atoms with Gasteiger partial charge in [0.2, 0.25) is 0 Å². The van der Waals surface area contributed by atoms with Gasteiger partial charge in [0.05, 0.1) is 22.7 Å². The molecule has 0 aliphatic heterocycles. The van der Waals surface area contributed by atoms with E-state index in [1.165, 1.54) is 13.0 Å². The molecule has 0 radical (unpaired) electrons. The molecule has 1 aromatic heterocycles. The third kappa shape index (κ3) is 3.51. The Morgan fingerprint density at radius 3 is 2.58 bits per heavy atom. The average molecular weight is 379 g/mol. The van der Waals surface area contributed by atoms with E-state index in [0.29, 0.717) is 6.07 Å². The maximum Gasteiger partial charge on any atom is 0.417 e. The zero-order valence-electron chi connectivity index (χ0n) is 12.1. The van der Waals surface area contributed by atoms with Gasteiger partial charge in [-0.1, -0.05) is 11.6 Å². The largest absolute Gasteiger partial charge is 0.481 e. The zero-order valence-corrected chi connectivity index (χ0v) is 13.6. The van der Waals surface area contributed by atoms with Crippen molar-refractivity contribution in [1.82, 2.24) is 9.55 Å². The molecular formula is C14H10ClF3N2O3S. The molecule has 24 heavy (non-hydrogen) atoms. The van der Waals surface area contributed by atoms with E-state index in [2.05, 4.69) is 4.98 Å². The monoisotopic (exact) mass is 378 g/mol. The minimum atomic E-state index is -4.71. The Hall–Kier alpha value is -2.13. The first kappa shape index (κ1) is 18.2. The number of alkyl halides is 3. The van der Waals surface area contributed by atoms with Gasteiger partial charge in [0.15, 0.2) is 4.77 Å². The first-order valence-electron chi connectivity index (χ1n) is 6.46. The zero-order chi connectivity index (χ0) is 18.2. The van der Waals surface area contributed by atoms with Gasteiger partial charge >= 0.3 is 12.1 Å². The third-order valence-corrected chi connectivity index (χ3v) is 3.87. The van der Waals surface area contributed by atoms with Crippen LogP contribution in [0.4, 0.5) is 13.2 Å². The van der Waals surface area contributed by atoms with Gasteiger partial charge in [0.1, 0.15) is 0 Å². The van der Waals surface area contributed by atoms with Crippen LogP contribution in [0.15, 0.2) is 23.0 Å². The number of carboxylic acid groups (broad SMARTS) is 1. The number of carbonyl (C=O) groups is 1. The van der Waals surface area contributed by atoms with Crippen LogP contribution in [0.5, 0.6) is 0 Å². The predicted octanol–water partition coefficient (Wildman–Crippen LogP) is 3.50. The maximum absolute atomic E-state index is 13.0. The molecule has 0 aliphatic carbocycles. The highest BCUT2D eigenvalue weighted by atomic mass is 35.5. The number of aliphatic carboxylic acids is 1. The lowest BCUT2D eigenvalue weighted by Crippen LogP contribution is -2.27. The van der Waals surface area contributed by atoms with Gasteiger partial charge in [0.25, 0.3) is 5.56 Å². The summed E-state index contributed by atoms with van der Waals surface area (Å²) in [4.78, 5) is 26.0. The molecule has 2 aromatic rings. The summed E-state index contributed by atoms with van der Waals surface area (Å²) < 4.78 is 39.6. The van der Waals surface area contributed by atoms with Crippen molar-refractivity contribution in [3.05, 3.63) is 55.2 Å². The predicted molar refractivity (Wildman–Crippen MR) is 83.3 cm³/mol. The van der Waals surface area contributed by atoms with Crippen LogP contribution in [0.1, 0.15) is 16.8 Å². The number of nitrogens with zero attached hydrogens (tertiary/aromatic N) is 1. The molecule has 128 valence electrons. The van der Waals surface area contributed by atoms with Gasteiger partial charge in [-0.05, 0) is 37.3 Å². The number of aromatic amines is 1. The summed E-state index contributed by atoms with van der Waals surface area (Å²) in [5.41, 5.74) is -1.93. The van der Waals surface area contributed by atoms with E-state index in [1.807, 2.05) is 0 Å². The molecule has 10 heteroatoms. The number of hydrogen-bond acceptors (Lipinski definition) is 3. The SMILES string of the molecule is Cc1[nH]c(=S)n(-c2ccc(Cl)c(C(F)(F)F)c2)c(=O)c1CC(=O)O. The molecule has 0 atom stereocenters. The fraction of sp³-hybridized carbons (Fsp3) is 0.214. The molecule has 0 fully saturated rings. The van der Waals surface area contributed by atoms with E-state index in [-0.39, 0.29) is 21.7 Å². The highest BCUT2D eigenvalue weighted by molar-refractivity contribution is 7.71. The van der Waals surface area contributed by atoms with Crippen LogP contribution < -0.4 is 5.56 Å². The number of nitrogens with one attached hydrogen (secondary N) is 1. The van der Waals surface area contributed by atoms with Crippen molar-refractivity contribution in [1.29, 1.82) is 0 Å². The number of benzene rings is 1. The summed E-state index contributed by atoms with van der Waals surface area (Å²) >= 11 is 10.6. The van der Waals surface area contributed by atoms with Crippen LogP contribution in [-0.2, 0) is 17.4 Å². The fourth-order valence-electron chi connectivity index (χ4n) is 2.14. The smallest absolute Gasteiger partial charge is 0.417 e. The number of halogens is 4. The lowest BCUT2D eigenvalue weighted by atomic mass is 10.1. The Morgan fingerprint density at radius 1 is 1.42 bits per heavy atom. The van der Waals surface area contributed by atoms with Crippen LogP contribution in [0.25, 0.3) is 5.69 Å². The van der Waals surface area contributed by atoms with Crippen LogP contribution in [0, 0.1) is 11.7 Å². The fourth-order valence-corrected chi connectivity index (χ4v) is 2.71. The molecule has 0 spiro atoms. The average Bonchev–Trinajstić information content (AvgIpc) is 2.43. The second-order valence-electron chi connectivity index (χ2n) is 4.91. The summed E-state index contributed by atoms with van der Waals surface area (Å²) in [5.74, 6) is -1.25. The van der Waals surface area contributed by atoms with Gasteiger partial charge in [-0.3, -0.25) is 14.2 Å². The molecular weight excluding hydrogens is 369 g/mol. The van der Waals surface area contributed by atoms with Gasteiger partial charge < -0.3 is 10.1 Å². The Bertz CT molecular complexity index is 934. The molecule has 0 saturated heterocycles. The normalized spacial score (nSPS) is 11.5. The van der Waals surface area contributed by atoms with Crippen molar-refractivity contribution < 1.29 is 23.1 Å². The van der Waals surface area contributed by atoms with Gasteiger partial charge in [-0.15, -0.1) is 0 Å². The first-order valence-corrected chi connectivity index (χ1v) is 7.24. The molecule has 0 saturated carbocycles. The highest BCUT2D eigenvalue weighted by Crippen LogP contribution is 2.35. The van der Waals surface area contributed by atoms with E-state index < -0.39 is 34.7 Å². The first-order chi connectivity index (χ1) is 11.0. The topological polar surface area (TPSA) is 75.1 Å². The molecule has 2 rings (SSSR count). The highest BCUT2D eigenvalue weighted by Gasteiger charge is 2.33. The van der Waals surface area contributed by atoms with E-state index in [9.17, 15) is 22.8 Å². The second-order valence-corrected chi connectivity index (χ2v) is 5.70. The number of H-pyrrole nitrogens is 1. The molecule has 0 unspecified atom stereocenters. The Labute approximate surface area is 143 Å². The van der Waals surface area contributed by atoms with Crippen molar-refractivity contribution in [2.75, 3.05) is 0 Å². The van der Waals surface area contributed by atoms with E-state index in [0.717, 1.165) is 10.6 Å². The minimum Gasteiger partial charge on any atom is -0.481 e. The standard InChI is InChI=1S/C14H10ClF3N2O3S/c1-6-8(5-11(21)22)12(23)20(13(24)19-6)7-2-3-10(15)9(4-7)14(16,17)18/h2-4H,5H2,1H3,(H,19,24)(H,21,22). The minimum absolute atomic E-state index is 0.0976. The molecule has 1 heterocycles. The summed E-state index contributed by atoms with van der Waals surface area (Å²) in [7, 11) is 0. The van der Waals surface area contributed by atoms with E-state index >= 15 is 0 Å². The molecule has 0 bridgehead atoms. The van der Waals surface area contributed by atoms with Crippen molar-refractivity contribution in [3.63, 3.8) is 0 Å². The van der Waals surface area contributed by atoms with E-state index in [4.69, 9.17) is 28.9 Å². The molecule has 5 nitrogen and oxygen atoms in total. The summed E-state index contributed by atoms with van der Waals surface area (Å²) in [5, 5.41) is 8.36. The molecule has 1 aromatic carbocycles. The van der Waals surface area contributed by atoms with Crippen LogP contribution in [-0.4, -0.2) is 20.6 Å². The molecule has 0 amide bonds. The number of aryl methyl sites for hydroxylation is 1. The van der Waals surface area contributed by atoms with Crippen molar-refractivity contribution in [3.8, 4) is 5.69 Å². The number of hydrogen-bond donors (Lipinski definition) is 2. The van der Waals surface area contributed by atoms with Crippen molar-refractivity contribution in [2.45, 2.75) is 19.5 Å². The third-order valence-electron chi connectivity index (χ3n) is 3.25. The van der Waals surface area contributed by atoms with Crippen LogP contribution in [0.2, 0.25) is 5.02 Å². The van der Waals surface area contributed by atoms with Crippen molar-refractivity contribution in [2.24, 2.45) is 0 Å². The summed E-state index contributed by atoms with van der Waals surface area (Å²) in [6, 6.07) is 2.88. The van der Waals surface area contributed by atoms with E-state index in [1.54, 1.807) is 0 Å². The quantitative estimate of drug-likeness (QED) is 0.801. The lowest BCUT2D eigenvalue weighted by Gasteiger charge is -2.14. The number of rotatable bonds is 3. The van der Waals surface area contributed by atoms with Crippen LogP contribution >= 0.6 is 23.8 Å². The summed E-state index contributed by atoms with van der Waals surface area (Å²) in [6.07, 6.45) is -5.30. The van der Waals surface area contributed by atoms with Gasteiger partial charge in [-0.2, -0.15) is 13.2 Å². The lowest BCUT2D eigenvalue weighted by molar-refractivity contribution is -0.138. The summed E-state index contributed by atoms with van der Waals surface area (Å²) in [6.45, 7) is 1.46. The Morgan fingerprint density at radius 2 is 2.04 bits per heavy atom. The van der Waals surface area contributed by atoms with Gasteiger partial charge in [-0.25, -0.2) is 0 Å². The molecule has 2 N–H and O–H groups in total. The Balaban J connectivity index is 2.77. The Kier molecular flexibility index (Phi) is 4.86. The maximum atomic E-state index is 13.0. The van der Waals surface area contributed by atoms with Crippen LogP contribution in [0.3, 0.4) is 0 Å². The second kappa shape index (κ2) is 6.40. The number of carboxylic acids is 1. The number of aromatic nitrogens is 2. The molecule has 0 aliphatic rings.